The lowest BCUT2D eigenvalue weighted by Gasteiger charge is -2.26. The quantitative estimate of drug-likeness (QED) is 0.696. The Bertz CT molecular complexity index is 274. The number of carbonyl (C=O) groups excluding carboxylic acids is 1. The number of rotatable bonds is 1. The van der Waals surface area contributed by atoms with Crippen LogP contribution < -0.4 is 0 Å². The van der Waals surface area contributed by atoms with Gasteiger partial charge in [-0.3, -0.25) is 4.79 Å². The molecule has 1 N–H and O–H groups in total. The lowest BCUT2D eigenvalue weighted by atomic mass is 10.2. The highest BCUT2D eigenvalue weighted by atomic mass is 28.3. The monoisotopic (exact) mass is 231 g/mol. The lowest BCUT2D eigenvalue weighted by molar-refractivity contribution is 0.0391. The molecule has 15 heavy (non-hydrogen) atoms. The summed E-state index contributed by atoms with van der Waals surface area (Å²) in [4.78, 5) is 22.5. The first-order chi connectivity index (χ1) is 6.81. The van der Waals surface area contributed by atoms with Gasteiger partial charge >= 0.3 is 6.09 Å². The Labute approximate surface area is 90.7 Å². The van der Waals surface area contributed by atoms with E-state index in [0.29, 0.717) is 12.6 Å². The van der Waals surface area contributed by atoms with E-state index in [1.807, 2.05) is 0 Å². The Balaban J connectivity index is 2.63. The van der Waals surface area contributed by atoms with Crippen LogP contribution in [0.3, 0.4) is 0 Å². The Kier molecular flexibility index (Phi) is 3.38. The van der Waals surface area contributed by atoms with Crippen LogP contribution in [0, 0.1) is 0 Å². The van der Waals surface area contributed by atoms with Crippen molar-refractivity contribution in [3.63, 3.8) is 0 Å². The Morgan fingerprint density at radius 1 is 1.40 bits per heavy atom. The summed E-state index contributed by atoms with van der Waals surface area (Å²) in [6.45, 7) is 5.85. The van der Waals surface area contributed by atoms with E-state index in [-0.39, 0.29) is 0 Å². The van der Waals surface area contributed by atoms with E-state index >= 15 is 0 Å². The van der Waals surface area contributed by atoms with Gasteiger partial charge in [-0.1, -0.05) is 0 Å². The maximum atomic E-state index is 11.7. The molecule has 0 aromatic heterocycles. The minimum Gasteiger partial charge on any atom is -0.484 e. The molecule has 0 spiro atoms. The van der Waals surface area contributed by atoms with Crippen molar-refractivity contribution in [2.75, 3.05) is 6.54 Å². The van der Waals surface area contributed by atoms with Crippen LogP contribution in [0.1, 0.15) is 27.2 Å². The van der Waals surface area contributed by atoms with Gasteiger partial charge in [0.25, 0.3) is 14.6 Å². The highest BCUT2D eigenvalue weighted by Gasteiger charge is 2.38. The van der Waals surface area contributed by atoms with Crippen LogP contribution >= 0.6 is 0 Å². The fourth-order valence-corrected chi connectivity index (χ4v) is 3.76. The molecule has 0 aromatic carbocycles. The van der Waals surface area contributed by atoms with Gasteiger partial charge in [-0.2, -0.15) is 0 Å². The summed E-state index contributed by atoms with van der Waals surface area (Å²) >= 11 is 0. The van der Waals surface area contributed by atoms with Gasteiger partial charge < -0.3 is 14.4 Å². The number of nitrogens with zero attached hydrogens (tertiary/aromatic N) is 1. The number of hydrogen-bond donors (Lipinski definition) is 1. The van der Waals surface area contributed by atoms with Crippen molar-refractivity contribution in [2.45, 2.75) is 38.8 Å². The first-order valence-electron chi connectivity index (χ1n) is 5.04. The molecular weight excluding hydrogens is 214 g/mol. The van der Waals surface area contributed by atoms with Crippen molar-refractivity contribution in [3.8, 4) is 0 Å². The molecule has 0 aromatic rings. The standard InChI is InChI=1S/C9H17NO4Si/c1-9(2,3)14-7(11)10-5-4-6-15(10)8(12)13/h15H,4-6H2,1-3H3,(H,12,13)/t15-/m1/s1. The van der Waals surface area contributed by atoms with Crippen molar-refractivity contribution in [1.82, 2.24) is 4.57 Å². The predicted octanol–water partition coefficient (Wildman–Crippen LogP) is 1.61. The van der Waals surface area contributed by atoms with Gasteiger partial charge in [0.1, 0.15) is 5.60 Å². The molecule has 0 radical (unpaired) electrons. The molecule has 1 rings (SSSR count). The van der Waals surface area contributed by atoms with E-state index in [9.17, 15) is 9.59 Å². The van der Waals surface area contributed by atoms with E-state index < -0.39 is 26.2 Å². The zero-order valence-corrected chi connectivity index (χ0v) is 10.5. The van der Waals surface area contributed by atoms with Crippen LogP contribution in [-0.2, 0) is 4.74 Å². The maximum absolute atomic E-state index is 11.7. The van der Waals surface area contributed by atoms with Crippen LogP contribution in [0.5, 0.6) is 0 Å². The highest BCUT2D eigenvalue weighted by Crippen LogP contribution is 2.19. The van der Waals surface area contributed by atoms with Gasteiger partial charge in [0, 0.05) is 6.54 Å². The van der Waals surface area contributed by atoms with E-state index in [0.717, 1.165) is 6.42 Å². The van der Waals surface area contributed by atoms with E-state index in [2.05, 4.69) is 0 Å². The molecule has 1 aliphatic heterocycles. The number of hydrogen-bond acceptors (Lipinski definition) is 3. The maximum Gasteiger partial charge on any atom is 0.402 e. The minimum absolute atomic E-state index is 0.473. The molecule has 86 valence electrons. The van der Waals surface area contributed by atoms with Gasteiger partial charge in [0.2, 0.25) is 0 Å². The van der Waals surface area contributed by atoms with Crippen molar-refractivity contribution in [2.24, 2.45) is 0 Å². The third-order valence-electron chi connectivity index (χ3n) is 2.17. The second-order valence-electron chi connectivity index (χ2n) is 4.67. The summed E-state index contributed by atoms with van der Waals surface area (Å²) in [6.07, 6.45) is 0.307. The Hall–Kier alpha value is -1.04. The summed E-state index contributed by atoms with van der Waals surface area (Å²) in [5, 5.41) is 8.94. The molecule has 1 saturated heterocycles. The Morgan fingerprint density at radius 2 is 2.00 bits per heavy atom. The van der Waals surface area contributed by atoms with Crippen molar-refractivity contribution in [1.29, 1.82) is 0 Å². The van der Waals surface area contributed by atoms with E-state index in [1.165, 1.54) is 4.57 Å². The lowest BCUT2D eigenvalue weighted by Crippen LogP contribution is -2.46. The van der Waals surface area contributed by atoms with Crippen LogP contribution in [-0.4, -0.2) is 42.5 Å². The Morgan fingerprint density at radius 3 is 2.47 bits per heavy atom. The fourth-order valence-electron chi connectivity index (χ4n) is 1.56. The summed E-state index contributed by atoms with van der Waals surface area (Å²) in [7, 11) is -2.14. The van der Waals surface area contributed by atoms with Crippen LogP contribution in [0.25, 0.3) is 0 Å². The molecule has 1 fully saturated rings. The molecule has 1 atom stereocenters. The van der Waals surface area contributed by atoms with Crippen LogP contribution in [0.2, 0.25) is 6.04 Å². The van der Waals surface area contributed by atoms with E-state index in [4.69, 9.17) is 9.84 Å². The van der Waals surface area contributed by atoms with Crippen LogP contribution in [0.15, 0.2) is 0 Å². The topological polar surface area (TPSA) is 66.8 Å². The first kappa shape index (κ1) is 12.0. The van der Waals surface area contributed by atoms with Crippen molar-refractivity contribution in [3.05, 3.63) is 0 Å². The molecule has 0 aliphatic carbocycles. The number of carboxylic acid groups (broad SMARTS) is 1. The van der Waals surface area contributed by atoms with Gasteiger partial charge in [-0.25, -0.2) is 4.79 Å². The number of carbonyl (C=O) groups is 2. The third kappa shape index (κ3) is 3.23. The molecule has 0 saturated carbocycles. The zero-order valence-electron chi connectivity index (χ0n) is 9.32. The SMILES string of the molecule is CC(C)(C)OC(=O)N1CCC[Si@@H]1C(=O)O. The normalized spacial score (nSPS) is 21.5. The summed E-state index contributed by atoms with van der Waals surface area (Å²) in [5.74, 6) is 0. The van der Waals surface area contributed by atoms with Gasteiger partial charge in [-0.05, 0) is 33.2 Å². The molecule has 1 heterocycles. The predicted molar refractivity (Wildman–Crippen MR) is 57.5 cm³/mol. The minimum atomic E-state index is -2.14. The largest absolute Gasteiger partial charge is 0.484 e. The molecule has 0 bridgehead atoms. The highest BCUT2D eigenvalue weighted by molar-refractivity contribution is 6.87. The van der Waals surface area contributed by atoms with Crippen LogP contribution in [0.4, 0.5) is 9.59 Å². The zero-order chi connectivity index (χ0) is 11.6. The van der Waals surface area contributed by atoms with Gasteiger partial charge in [-0.15, -0.1) is 0 Å². The molecule has 0 unspecified atom stereocenters. The molecule has 1 amide bonds. The summed E-state index contributed by atoms with van der Waals surface area (Å²) < 4.78 is 6.58. The fraction of sp³-hybridized carbons (Fsp3) is 0.778. The van der Waals surface area contributed by atoms with Gasteiger partial charge in [0.15, 0.2) is 0 Å². The second-order valence-corrected chi connectivity index (χ2v) is 7.40. The van der Waals surface area contributed by atoms with Crippen molar-refractivity contribution >= 4 is 20.6 Å². The molecule has 1 aliphatic rings. The smallest absolute Gasteiger partial charge is 0.402 e. The first-order valence-corrected chi connectivity index (χ1v) is 6.95. The average molecular weight is 231 g/mol. The summed E-state index contributed by atoms with van der Waals surface area (Å²) in [5.41, 5.74) is -1.38. The number of amides is 1. The second kappa shape index (κ2) is 4.22. The summed E-state index contributed by atoms with van der Waals surface area (Å²) in [6, 6.07) is 0.647. The molecular formula is C9H17NO4Si. The molecule has 5 nitrogen and oxygen atoms in total. The third-order valence-corrected chi connectivity index (χ3v) is 4.91. The van der Waals surface area contributed by atoms with E-state index in [1.54, 1.807) is 20.8 Å². The number of ether oxygens (including phenoxy) is 1. The average Bonchev–Trinajstić information content (AvgIpc) is 2.47. The van der Waals surface area contributed by atoms with Crippen molar-refractivity contribution < 1.29 is 19.4 Å². The van der Waals surface area contributed by atoms with Gasteiger partial charge in [0.05, 0.1) is 0 Å². The molecule has 6 heteroatoms.